The maximum atomic E-state index is 11.8. The first-order valence-electron chi connectivity index (χ1n) is 26.8. The Hall–Kier alpha value is -0.880. The summed E-state index contributed by atoms with van der Waals surface area (Å²) >= 11 is 0. The Labute approximate surface area is 420 Å². The smallest absolute Gasteiger partial charge is 0.187 e. The molecule has 0 unspecified atom stereocenters. The molecule has 0 aromatic rings. The van der Waals surface area contributed by atoms with Gasteiger partial charge in [0, 0.05) is 12.5 Å². The standard InChI is InChI=1S/C50H83NO21/c1-20-7-12-50(51-15-20)21(2)32-28(72-50)14-26-24-6-5-22-13-23(8-10-48(22,3)25(24)9-11-49(26,32)4)65-45-40(63)37(60)41(31(18-54)68-45)69-47-43(71-46-39(62)36(59)34(57)29(16-52)66-46)42(35(58)30(17-53)67-47)70-44-38(61)33(56)27(55)19-64-44/h20-47,51-63H,5-19H2,1-4H3/t20-,21-,22-,23-,24+,25-,26-,27+,28-,29+,30+,31+,32-,33-,34+,35+,36-,37+,38+,39+,40+,41-,42-,43+,44-,45+,46-,47-,48-,49-,50-/m1/s1. The average molecular weight is 1030 g/mol. The predicted molar refractivity (Wildman–Crippen MR) is 244 cm³/mol. The molecule has 22 nitrogen and oxygen atoms in total. The molecule has 31 atom stereocenters. The van der Waals surface area contributed by atoms with Crippen molar-refractivity contribution in [3.8, 4) is 0 Å². The van der Waals surface area contributed by atoms with Gasteiger partial charge in [-0.25, -0.2) is 0 Å². The van der Waals surface area contributed by atoms with Crippen molar-refractivity contribution in [3.63, 3.8) is 0 Å². The Kier molecular flexibility index (Phi) is 15.9. The van der Waals surface area contributed by atoms with E-state index in [1.165, 1.54) is 19.3 Å². The largest absolute Gasteiger partial charge is 0.394 e. The molecule has 6 saturated heterocycles. The fourth-order valence-corrected chi connectivity index (χ4v) is 16.1. The first-order valence-corrected chi connectivity index (χ1v) is 26.8. The van der Waals surface area contributed by atoms with Gasteiger partial charge in [0.15, 0.2) is 25.2 Å². The van der Waals surface area contributed by atoms with Gasteiger partial charge in [-0.15, -0.1) is 0 Å². The third-order valence-electron chi connectivity index (χ3n) is 20.2. The molecule has 6 heterocycles. The quantitative estimate of drug-likeness (QED) is 0.0937. The van der Waals surface area contributed by atoms with Crippen molar-refractivity contribution in [1.29, 1.82) is 0 Å². The van der Waals surface area contributed by atoms with Crippen LogP contribution >= 0.6 is 0 Å². The third kappa shape index (κ3) is 9.26. The van der Waals surface area contributed by atoms with Gasteiger partial charge in [-0.2, -0.15) is 0 Å². The normalized spacial score (nSPS) is 57.8. The van der Waals surface area contributed by atoms with Crippen molar-refractivity contribution in [1.82, 2.24) is 5.32 Å². The minimum atomic E-state index is -1.99. The molecule has 13 N–H and O–H groups in total. The molecular weight excluding hydrogens is 951 g/mol. The van der Waals surface area contributed by atoms with Gasteiger partial charge in [0.05, 0.1) is 38.6 Å². The van der Waals surface area contributed by atoms with Gasteiger partial charge in [-0.1, -0.05) is 27.7 Å². The molecule has 10 rings (SSSR count). The molecule has 0 aromatic heterocycles. The summed E-state index contributed by atoms with van der Waals surface area (Å²) in [5, 5.41) is 133. The van der Waals surface area contributed by atoms with Gasteiger partial charge in [-0.3, -0.25) is 5.32 Å². The van der Waals surface area contributed by atoms with Crippen LogP contribution in [0.4, 0.5) is 0 Å². The monoisotopic (exact) mass is 1030 g/mol. The number of piperidine rings is 1. The Bertz CT molecular complexity index is 1830. The highest BCUT2D eigenvalue weighted by atomic mass is 16.8. The summed E-state index contributed by atoms with van der Waals surface area (Å²) in [4.78, 5) is 0. The van der Waals surface area contributed by atoms with Gasteiger partial charge in [0.2, 0.25) is 0 Å². The average Bonchev–Trinajstić information content (AvgIpc) is 3.82. The van der Waals surface area contributed by atoms with E-state index in [2.05, 4.69) is 33.0 Å². The van der Waals surface area contributed by atoms with Crippen LogP contribution in [0.2, 0.25) is 0 Å². The number of rotatable bonds is 11. The molecule has 72 heavy (non-hydrogen) atoms. The summed E-state index contributed by atoms with van der Waals surface area (Å²) in [7, 11) is 0. The Morgan fingerprint density at radius 2 is 1.17 bits per heavy atom. The number of aliphatic hydroxyl groups excluding tert-OH is 12. The fraction of sp³-hybridized carbons (Fsp3) is 1.00. The van der Waals surface area contributed by atoms with Crippen molar-refractivity contribution >= 4 is 0 Å². The lowest BCUT2D eigenvalue weighted by Gasteiger charge is -2.61. The molecule has 1 spiro atoms. The van der Waals surface area contributed by atoms with E-state index in [1.54, 1.807) is 0 Å². The summed E-state index contributed by atoms with van der Waals surface area (Å²) in [6.07, 6.45) is -22.4. The van der Waals surface area contributed by atoms with Crippen molar-refractivity contribution in [3.05, 3.63) is 0 Å². The lowest BCUT2D eigenvalue weighted by Crippen LogP contribution is -2.68. The van der Waals surface area contributed by atoms with E-state index in [0.717, 1.165) is 45.1 Å². The van der Waals surface area contributed by atoms with Gasteiger partial charge in [0.1, 0.15) is 97.3 Å². The second-order valence-electron chi connectivity index (χ2n) is 24.0. The molecule has 6 aliphatic heterocycles. The van der Waals surface area contributed by atoms with E-state index < -0.39 is 143 Å². The van der Waals surface area contributed by atoms with E-state index in [0.29, 0.717) is 47.8 Å². The first kappa shape index (κ1) is 54.5. The maximum absolute atomic E-state index is 11.8. The minimum absolute atomic E-state index is 0.104. The lowest BCUT2D eigenvalue weighted by atomic mass is 9.44. The van der Waals surface area contributed by atoms with Crippen molar-refractivity contribution in [2.75, 3.05) is 33.0 Å². The van der Waals surface area contributed by atoms with Crippen LogP contribution in [0.3, 0.4) is 0 Å². The van der Waals surface area contributed by atoms with E-state index in [-0.39, 0.29) is 28.8 Å². The molecule has 0 radical (unpaired) electrons. The topological polar surface area (TPSA) is 338 Å². The Morgan fingerprint density at radius 1 is 0.542 bits per heavy atom. The van der Waals surface area contributed by atoms with Gasteiger partial charge in [-0.05, 0) is 111 Å². The van der Waals surface area contributed by atoms with Gasteiger partial charge >= 0.3 is 0 Å². The molecular formula is C50H83NO21. The summed E-state index contributed by atoms with van der Waals surface area (Å²) in [5.41, 5.74) is 0.147. The second-order valence-corrected chi connectivity index (χ2v) is 24.0. The van der Waals surface area contributed by atoms with E-state index >= 15 is 0 Å². The Morgan fingerprint density at radius 3 is 1.88 bits per heavy atom. The number of hydrogen-bond acceptors (Lipinski definition) is 22. The highest BCUT2D eigenvalue weighted by Crippen LogP contribution is 2.71. The molecule has 10 aliphatic rings. The second kappa shape index (κ2) is 21.1. The van der Waals surface area contributed by atoms with E-state index in [9.17, 15) is 61.3 Å². The van der Waals surface area contributed by atoms with Crippen molar-refractivity contribution in [2.24, 2.45) is 52.3 Å². The number of aliphatic hydroxyl groups is 12. The van der Waals surface area contributed by atoms with Crippen molar-refractivity contribution < 1.29 is 104 Å². The van der Waals surface area contributed by atoms with Crippen LogP contribution in [0.25, 0.3) is 0 Å². The minimum Gasteiger partial charge on any atom is -0.394 e. The highest BCUT2D eigenvalue weighted by molar-refractivity contribution is 5.16. The SMILES string of the molecule is C[C@@H]1CC[C@@]2(NC1)O[C@@H]1C[C@@H]3[C@H]4CC[C@@H]5C[C@H](O[C@H]6O[C@@H](CO)[C@@H](O[C@H]7O[C@@H](CO)[C@H](O)[C@@H](O[C@H]8OC[C@H](O)[C@@H](O)[C@@H]8O)[C@@H]7O[C@H]7O[C@@H](CO)[C@H](O)[C@@H](O)[C@@H]7O)[C@@H](O)[C@@H]6O)CC[C@@]5(C)[C@@H]4CC[C@@]3(C)[C@@H]1[C@H]2C. The molecule has 22 heteroatoms. The molecule has 0 bridgehead atoms. The summed E-state index contributed by atoms with van der Waals surface area (Å²) < 4.78 is 55.0. The van der Waals surface area contributed by atoms with Crippen LogP contribution in [0, 0.1) is 52.3 Å². The van der Waals surface area contributed by atoms with Crippen LogP contribution in [-0.4, -0.2) is 229 Å². The number of hydrogen-bond donors (Lipinski definition) is 13. The van der Waals surface area contributed by atoms with Crippen molar-refractivity contribution in [2.45, 2.75) is 227 Å². The predicted octanol–water partition coefficient (Wildman–Crippen LogP) is -2.70. The van der Waals surface area contributed by atoms with Crippen LogP contribution in [-0.2, 0) is 42.6 Å². The van der Waals surface area contributed by atoms with Crippen LogP contribution in [0.1, 0.15) is 91.9 Å². The summed E-state index contributed by atoms with van der Waals surface area (Å²) in [6, 6.07) is 0. The maximum Gasteiger partial charge on any atom is 0.187 e. The Balaban J connectivity index is 0.812. The summed E-state index contributed by atoms with van der Waals surface area (Å²) in [6.45, 7) is 7.84. The van der Waals surface area contributed by atoms with Gasteiger partial charge in [0.25, 0.3) is 0 Å². The van der Waals surface area contributed by atoms with Crippen LogP contribution in [0.5, 0.6) is 0 Å². The van der Waals surface area contributed by atoms with Crippen LogP contribution in [0.15, 0.2) is 0 Å². The molecule has 10 fully saturated rings. The number of fused-ring (bicyclic) bond motifs is 7. The summed E-state index contributed by atoms with van der Waals surface area (Å²) in [5.74, 6) is 3.87. The molecule has 414 valence electrons. The highest BCUT2D eigenvalue weighted by Gasteiger charge is 2.69. The first-order chi connectivity index (χ1) is 34.3. The fourth-order valence-electron chi connectivity index (χ4n) is 16.1. The molecule has 4 saturated carbocycles. The molecule has 0 aromatic carbocycles. The number of nitrogens with one attached hydrogen (secondary N) is 1. The molecule has 0 amide bonds. The van der Waals surface area contributed by atoms with Crippen LogP contribution < -0.4 is 5.32 Å². The zero-order valence-electron chi connectivity index (χ0n) is 41.8. The van der Waals surface area contributed by atoms with E-state index in [4.69, 9.17) is 42.6 Å². The number of ether oxygens (including phenoxy) is 9. The van der Waals surface area contributed by atoms with E-state index in [1.807, 2.05) is 0 Å². The lowest BCUT2D eigenvalue weighted by molar-refractivity contribution is -0.404. The zero-order valence-corrected chi connectivity index (χ0v) is 41.8. The van der Waals surface area contributed by atoms with Gasteiger partial charge < -0.3 is 104 Å². The third-order valence-corrected chi connectivity index (χ3v) is 20.2. The molecule has 4 aliphatic carbocycles. The zero-order chi connectivity index (χ0) is 51.3.